The molecule has 0 saturated carbocycles. The van der Waals surface area contributed by atoms with Crippen LogP contribution in [0.15, 0.2) is 27.6 Å². The third kappa shape index (κ3) is 6.94. The lowest BCUT2D eigenvalue weighted by Crippen LogP contribution is -2.42. The molecule has 0 atom stereocenters. The van der Waals surface area contributed by atoms with Crippen LogP contribution >= 0.6 is 24.0 Å². The molecule has 0 spiro atoms. The molecule has 30 heavy (non-hydrogen) atoms. The first-order valence-electron chi connectivity index (χ1n) is 10.3. The fourth-order valence-electron chi connectivity index (χ4n) is 3.61. The number of hydrogen-bond acceptors (Lipinski definition) is 4. The van der Waals surface area contributed by atoms with Crippen LogP contribution in [-0.4, -0.2) is 42.5 Å². The molecule has 2 N–H and O–H groups in total. The lowest BCUT2D eigenvalue weighted by molar-refractivity contribution is 0.164. The lowest BCUT2D eigenvalue weighted by atomic mass is 9.97. The second-order valence-corrected chi connectivity index (χ2v) is 7.86. The Hall–Kier alpha value is -1.68. The van der Waals surface area contributed by atoms with E-state index >= 15 is 0 Å². The molecule has 3 rings (SSSR count). The van der Waals surface area contributed by atoms with Crippen LogP contribution in [-0.2, 0) is 13.1 Å². The fourth-order valence-corrected chi connectivity index (χ4v) is 3.61. The molecule has 0 bridgehead atoms. The molecule has 0 unspecified atom stereocenters. The van der Waals surface area contributed by atoms with Gasteiger partial charge in [-0.05, 0) is 69.8 Å². The normalized spacial score (nSPS) is 15.7. The summed E-state index contributed by atoms with van der Waals surface area (Å²) in [6.45, 7) is 10.1. The number of guanidine groups is 1. The number of halogens is 2. The molecular formula is C22H33FIN5O. The monoisotopic (exact) mass is 529 g/mol. The number of likely N-dealkylation sites (tertiary alicyclic amines) is 1. The van der Waals surface area contributed by atoms with E-state index in [9.17, 15) is 4.39 Å². The fraction of sp³-hybridized carbons (Fsp3) is 0.545. The Morgan fingerprint density at radius 1 is 1.23 bits per heavy atom. The average molecular weight is 529 g/mol. The van der Waals surface area contributed by atoms with Crippen LogP contribution in [0.25, 0.3) is 0 Å². The van der Waals surface area contributed by atoms with Crippen molar-refractivity contribution in [2.45, 2.75) is 46.7 Å². The zero-order valence-electron chi connectivity index (χ0n) is 18.3. The largest absolute Gasteiger partial charge is 0.444 e. The van der Waals surface area contributed by atoms with E-state index in [1.807, 2.05) is 19.9 Å². The highest BCUT2D eigenvalue weighted by atomic mass is 127. The number of oxazole rings is 1. The van der Waals surface area contributed by atoms with Crippen LogP contribution in [0.3, 0.4) is 0 Å². The van der Waals surface area contributed by atoms with Crippen molar-refractivity contribution >= 4 is 29.9 Å². The molecule has 8 heteroatoms. The number of benzene rings is 1. The summed E-state index contributed by atoms with van der Waals surface area (Å²) < 4.78 is 19.1. The molecule has 6 nitrogen and oxygen atoms in total. The molecule has 166 valence electrons. The smallest absolute Gasteiger partial charge is 0.208 e. The Kier molecular flexibility index (Phi) is 9.54. The van der Waals surface area contributed by atoms with Crippen molar-refractivity contribution in [3.8, 4) is 0 Å². The lowest BCUT2D eigenvalue weighted by Gasteiger charge is -2.31. The van der Waals surface area contributed by atoms with Gasteiger partial charge in [-0.15, -0.1) is 24.0 Å². The van der Waals surface area contributed by atoms with E-state index in [1.165, 1.54) is 6.07 Å². The summed E-state index contributed by atoms with van der Waals surface area (Å²) in [5.74, 6) is 2.95. The minimum atomic E-state index is -0.171. The minimum Gasteiger partial charge on any atom is -0.444 e. The van der Waals surface area contributed by atoms with Crippen LogP contribution in [0.2, 0.25) is 0 Å². The van der Waals surface area contributed by atoms with E-state index in [0.717, 1.165) is 67.9 Å². The van der Waals surface area contributed by atoms with E-state index in [1.54, 1.807) is 20.0 Å². The number of nitrogens with one attached hydrogen (secondary N) is 2. The maximum atomic E-state index is 13.4. The molecule has 1 saturated heterocycles. The highest BCUT2D eigenvalue weighted by molar-refractivity contribution is 14.0. The molecular weight excluding hydrogens is 496 g/mol. The highest BCUT2D eigenvalue weighted by Gasteiger charge is 2.21. The number of rotatable bonds is 6. The number of nitrogens with zero attached hydrogens (tertiary/aromatic N) is 3. The summed E-state index contributed by atoms with van der Waals surface area (Å²) in [6.07, 6.45) is 2.28. The quantitative estimate of drug-likeness (QED) is 0.337. The van der Waals surface area contributed by atoms with Crippen LogP contribution in [0.4, 0.5) is 4.39 Å². The highest BCUT2D eigenvalue weighted by Crippen LogP contribution is 2.19. The average Bonchev–Trinajstić information content (AvgIpc) is 3.02. The summed E-state index contributed by atoms with van der Waals surface area (Å²) in [7, 11) is 1.77. The maximum Gasteiger partial charge on any atom is 0.208 e. The summed E-state index contributed by atoms with van der Waals surface area (Å²) in [6, 6.07) is 5.18. The van der Waals surface area contributed by atoms with Gasteiger partial charge in [0, 0.05) is 20.1 Å². The SMILES string of the molecule is CN=C(NCc1ccc(F)c(C)c1)NCC1CCN(Cc2nc(C)c(C)o2)CC1.I. The van der Waals surface area contributed by atoms with Crippen molar-refractivity contribution in [1.82, 2.24) is 20.5 Å². The van der Waals surface area contributed by atoms with Crippen molar-refractivity contribution in [2.75, 3.05) is 26.7 Å². The van der Waals surface area contributed by atoms with Gasteiger partial charge in [0.25, 0.3) is 0 Å². The molecule has 0 amide bonds. The summed E-state index contributed by atoms with van der Waals surface area (Å²) in [4.78, 5) is 11.2. The molecule has 0 radical (unpaired) electrons. The van der Waals surface area contributed by atoms with E-state index in [2.05, 4.69) is 25.5 Å². The van der Waals surface area contributed by atoms with Gasteiger partial charge in [-0.2, -0.15) is 0 Å². The zero-order valence-corrected chi connectivity index (χ0v) is 20.6. The van der Waals surface area contributed by atoms with Crippen molar-refractivity contribution in [2.24, 2.45) is 10.9 Å². The molecule has 0 aliphatic carbocycles. The van der Waals surface area contributed by atoms with Crippen molar-refractivity contribution in [3.63, 3.8) is 0 Å². The van der Waals surface area contributed by atoms with Crippen LogP contribution in [0, 0.1) is 32.5 Å². The summed E-state index contributed by atoms with van der Waals surface area (Å²) in [5, 5.41) is 6.73. The minimum absolute atomic E-state index is 0. The van der Waals surface area contributed by atoms with E-state index in [-0.39, 0.29) is 29.8 Å². The van der Waals surface area contributed by atoms with E-state index in [4.69, 9.17) is 4.42 Å². The van der Waals surface area contributed by atoms with Gasteiger partial charge >= 0.3 is 0 Å². The van der Waals surface area contributed by atoms with Gasteiger partial charge in [0.15, 0.2) is 5.96 Å². The van der Waals surface area contributed by atoms with Crippen LogP contribution in [0.1, 0.15) is 41.3 Å². The number of aryl methyl sites for hydroxylation is 3. The van der Waals surface area contributed by atoms with Crippen molar-refractivity contribution in [1.29, 1.82) is 0 Å². The molecule has 1 aromatic heterocycles. The number of piperidine rings is 1. The van der Waals surface area contributed by atoms with Gasteiger partial charge in [-0.1, -0.05) is 12.1 Å². The van der Waals surface area contributed by atoms with E-state index in [0.29, 0.717) is 18.0 Å². The van der Waals surface area contributed by atoms with Crippen molar-refractivity contribution in [3.05, 3.63) is 52.5 Å². The summed E-state index contributed by atoms with van der Waals surface area (Å²) in [5.41, 5.74) is 2.68. The molecule has 2 heterocycles. The summed E-state index contributed by atoms with van der Waals surface area (Å²) >= 11 is 0. The second kappa shape index (κ2) is 11.6. The topological polar surface area (TPSA) is 65.7 Å². The molecule has 1 aliphatic heterocycles. The van der Waals surface area contributed by atoms with Crippen LogP contribution < -0.4 is 10.6 Å². The predicted octanol–water partition coefficient (Wildman–Crippen LogP) is 3.93. The standard InChI is InChI=1S/C22H32FN5O.HI/c1-15-11-19(5-6-20(15)23)13-26-22(24-4)25-12-18-7-9-28(10-8-18)14-21-27-16(2)17(3)29-21;/h5-6,11,18H,7-10,12-14H2,1-4H3,(H2,24,25,26);1H. The van der Waals surface area contributed by atoms with Gasteiger partial charge in [-0.3, -0.25) is 9.89 Å². The molecule has 1 aliphatic rings. The first-order valence-corrected chi connectivity index (χ1v) is 10.3. The van der Waals surface area contributed by atoms with Gasteiger partial charge < -0.3 is 15.1 Å². The Balaban J connectivity index is 0.00000320. The van der Waals surface area contributed by atoms with Gasteiger partial charge in [0.2, 0.25) is 5.89 Å². The number of hydrogen-bond donors (Lipinski definition) is 2. The maximum absolute atomic E-state index is 13.4. The zero-order chi connectivity index (χ0) is 20.8. The predicted molar refractivity (Wildman–Crippen MR) is 129 cm³/mol. The number of aliphatic imine (C=N–C) groups is 1. The van der Waals surface area contributed by atoms with Crippen molar-refractivity contribution < 1.29 is 8.81 Å². The third-order valence-electron chi connectivity index (χ3n) is 5.60. The second-order valence-electron chi connectivity index (χ2n) is 7.86. The molecule has 1 fully saturated rings. The Morgan fingerprint density at radius 3 is 2.57 bits per heavy atom. The first kappa shape index (κ1) is 24.6. The molecule has 1 aromatic carbocycles. The Bertz CT molecular complexity index is 827. The first-order chi connectivity index (χ1) is 13.9. The Morgan fingerprint density at radius 2 is 1.97 bits per heavy atom. The molecule has 2 aromatic rings. The van der Waals surface area contributed by atoms with Gasteiger partial charge in [0.1, 0.15) is 11.6 Å². The third-order valence-corrected chi connectivity index (χ3v) is 5.60. The Labute approximate surface area is 195 Å². The van der Waals surface area contributed by atoms with Gasteiger partial charge in [-0.25, -0.2) is 9.37 Å². The van der Waals surface area contributed by atoms with E-state index < -0.39 is 0 Å². The van der Waals surface area contributed by atoms with Gasteiger partial charge in [0.05, 0.1) is 12.2 Å². The van der Waals surface area contributed by atoms with Crippen LogP contribution in [0.5, 0.6) is 0 Å². The number of aromatic nitrogens is 1.